The molecule has 1 aliphatic heterocycles. The molecule has 1 aromatic rings. The monoisotopic (exact) mass is 286 g/mol. The van der Waals surface area contributed by atoms with Crippen molar-refractivity contribution >= 4 is 5.97 Å². The van der Waals surface area contributed by atoms with Gasteiger partial charge in [0.05, 0.1) is 32.3 Å². The highest BCUT2D eigenvalue weighted by Gasteiger charge is 2.49. The first-order valence-electron chi connectivity index (χ1n) is 6.32. The molecule has 0 amide bonds. The van der Waals surface area contributed by atoms with Crippen molar-refractivity contribution in [2.75, 3.05) is 14.2 Å². The van der Waals surface area contributed by atoms with Crippen LogP contribution in [0.4, 0.5) is 0 Å². The summed E-state index contributed by atoms with van der Waals surface area (Å²) >= 11 is 0. The lowest BCUT2D eigenvalue weighted by Crippen LogP contribution is -2.28. The molecule has 0 bridgehead atoms. The van der Waals surface area contributed by atoms with Crippen LogP contribution in [0.5, 0.6) is 5.75 Å². The summed E-state index contributed by atoms with van der Waals surface area (Å²) in [5.41, 5.74) is 0.717. The first-order valence-corrected chi connectivity index (χ1v) is 6.32. The maximum Gasteiger partial charge on any atom is 0.336 e. The largest absolute Gasteiger partial charge is 0.497 e. The molecular formula is C15H14N2O4. The lowest BCUT2D eigenvalue weighted by atomic mass is 9.86. The second-order valence-electron chi connectivity index (χ2n) is 4.58. The highest BCUT2D eigenvalue weighted by Crippen LogP contribution is 2.42. The van der Waals surface area contributed by atoms with Crippen LogP contribution in [0.2, 0.25) is 0 Å². The van der Waals surface area contributed by atoms with Crippen LogP contribution in [0.25, 0.3) is 0 Å². The third-order valence-corrected chi connectivity index (χ3v) is 3.51. The van der Waals surface area contributed by atoms with Crippen LogP contribution in [0.15, 0.2) is 24.3 Å². The van der Waals surface area contributed by atoms with Gasteiger partial charge in [0.2, 0.25) is 0 Å². The molecule has 1 saturated heterocycles. The van der Waals surface area contributed by atoms with Gasteiger partial charge in [-0.25, -0.2) is 4.79 Å². The molecule has 1 heterocycles. The van der Waals surface area contributed by atoms with Gasteiger partial charge in [0, 0.05) is 0 Å². The number of benzene rings is 1. The van der Waals surface area contributed by atoms with Gasteiger partial charge in [0.25, 0.3) is 0 Å². The van der Waals surface area contributed by atoms with E-state index in [0.717, 1.165) is 0 Å². The van der Waals surface area contributed by atoms with E-state index in [1.807, 2.05) is 6.07 Å². The lowest BCUT2D eigenvalue weighted by Gasteiger charge is -2.14. The van der Waals surface area contributed by atoms with E-state index in [0.29, 0.717) is 11.3 Å². The molecule has 1 aromatic carbocycles. The van der Waals surface area contributed by atoms with E-state index in [4.69, 9.17) is 9.47 Å². The predicted molar refractivity (Wildman–Crippen MR) is 70.8 cm³/mol. The molecule has 2 rings (SSSR count). The number of rotatable bonds is 3. The normalized spacial score (nSPS) is 27.4. The van der Waals surface area contributed by atoms with Crippen molar-refractivity contribution in [2.45, 2.75) is 12.2 Å². The molecule has 0 saturated carbocycles. The maximum atomic E-state index is 11.7. The first kappa shape index (κ1) is 14.8. The van der Waals surface area contributed by atoms with Gasteiger partial charge in [-0.05, 0) is 17.7 Å². The zero-order chi connectivity index (χ0) is 15.4. The standard InChI is InChI=1S/C15H14N2O4/c1-19-10-5-3-9(4-6-10)13-11(7-16)12(8-17)14(21-13)15(18)20-2/h3-6,11-14H,1-2H3/t11-,12+,13-,14-/m1/s1. The molecule has 1 fully saturated rings. The minimum Gasteiger partial charge on any atom is -0.497 e. The third kappa shape index (κ3) is 2.67. The van der Waals surface area contributed by atoms with Gasteiger partial charge >= 0.3 is 5.97 Å². The van der Waals surface area contributed by atoms with Crippen LogP contribution in [-0.4, -0.2) is 26.3 Å². The summed E-state index contributed by atoms with van der Waals surface area (Å²) in [5.74, 6) is -1.55. The van der Waals surface area contributed by atoms with Crippen LogP contribution in [-0.2, 0) is 14.3 Å². The van der Waals surface area contributed by atoms with Gasteiger partial charge in [0.15, 0.2) is 6.10 Å². The Kier molecular flexibility index (Phi) is 4.42. The Morgan fingerprint density at radius 2 is 1.76 bits per heavy atom. The molecule has 1 aliphatic rings. The second kappa shape index (κ2) is 6.25. The van der Waals surface area contributed by atoms with Gasteiger partial charge in [0.1, 0.15) is 17.8 Å². The number of ether oxygens (including phenoxy) is 3. The van der Waals surface area contributed by atoms with Crippen LogP contribution >= 0.6 is 0 Å². The Morgan fingerprint density at radius 1 is 1.14 bits per heavy atom. The van der Waals surface area contributed by atoms with Gasteiger partial charge in [-0.2, -0.15) is 10.5 Å². The fourth-order valence-corrected chi connectivity index (χ4v) is 2.40. The van der Waals surface area contributed by atoms with E-state index >= 15 is 0 Å². The minimum absolute atomic E-state index is 0.641. The Bertz CT molecular complexity index is 600. The quantitative estimate of drug-likeness (QED) is 0.783. The van der Waals surface area contributed by atoms with Gasteiger partial charge in [-0.3, -0.25) is 0 Å². The van der Waals surface area contributed by atoms with E-state index in [1.54, 1.807) is 31.4 Å². The van der Waals surface area contributed by atoms with Crippen LogP contribution in [0.1, 0.15) is 11.7 Å². The summed E-state index contributed by atoms with van der Waals surface area (Å²) in [7, 11) is 2.78. The number of hydrogen-bond acceptors (Lipinski definition) is 6. The number of nitrogens with zero attached hydrogens (tertiary/aromatic N) is 2. The summed E-state index contributed by atoms with van der Waals surface area (Å²) < 4.78 is 15.3. The smallest absolute Gasteiger partial charge is 0.336 e. The van der Waals surface area contributed by atoms with E-state index in [2.05, 4.69) is 10.8 Å². The Hall–Kier alpha value is -2.57. The Morgan fingerprint density at radius 3 is 2.24 bits per heavy atom. The van der Waals surface area contributed by atoms with Crippen LogP contribution < -0.4 is 4.74 Å². The predicted octanol–water partition coefficient (Wildman–Crippen LogP) is 1.59. The molecule has 21 heavy (non-hydrogen) atoms. The second-order valence-corrected chi connectivity index (χ2v) is 4.58. The first-order chi connectivity index (χ1) is 10.2. The molecule has 0 aromatic heterocycles. The number of carbonyl (C=O) groups excluding carboxylic acids is 1. The van der Waals surface area contributed by atoms with Crippen molar-refractivity contribution in [3.8, 4) is 17.9 Å². The topological polar surface area (TPSA) is 92.3 Å². The molecule has 0 aliphatic carbocycles. The molecule has 0 N–H and O–H groups in total. The van der Waals surface area contributed by atoms with Crippen LogP contribution in [0, 0.1) is 34.5 Å². The summed E-state index contributed by atoms with van der Waals surface area (Å²) in [6, 6.07) is 11.0. The SMILES string of the molecule is COC(=O)[C@@H]1O[C@H](c2ccc(OC)cc2)[C@H](C#N)[C@@H]1C#N. The Balaban J connectivity index is 2.32. The molecule has 108 valence electrons. The van der Waals surface area contributed by atoms with Crippen molar-refractivity contribution in [1.29, 1.82) is 10.5 Å². The fraction of sp³-hybridized carbons (Fsp3) is 0.400. The number of nitriles is 2. The average Bonchev–Trinajstić information content (AvgIpc) is 2.92. The zero-order valence-corrected chi connectivity index (χ0v) is 11.6. The number of methoxy groups -OCH3 is 2. The molecular weight excluding hydrogens is 272 g/mol. The van der Waals surface area contributed by atoms with Crippen molar-refractivity contribution < 1.29 is 19.0 Å². The third-order valence-electron chi connectivity index (χ3n) is 3.51. The molecule has 0 spiro atoms. The number of hydrogen-bond donors (Lipinski definition) is 0. The van der Waals surface area contributed by atoms with Crippen LogP contribution in [0.3, 0.4) is 0 Å². The molecule has 6 heteroatoms. The van der Waals surface area contributed by atoms with Crippen molar-refractivity contribution in [3.05, 3.63) is 29.8 Å². The Labute approximate surface area is 122 Å². The lowest BCUT2D eigenvalue weighted by molar-refractivity contribution is -0.154. The molecule has 6 nitrogen and oxygen atoms in total. The van der Waals surface area contributed by atoms with Crippen molar-refractivity contribution in [3.63, 3.8) is 0 Å². The van der Waals surface area contributed by atoms with Gasteiger partial charge in [-0.1, -0.05) is 12.1 Å². The molecule has 0 radical (unpaired) electrons. The summed E-state index contributed by atoms with van der Waals surface area (Å²) in [6.07, 6.45) is -1.69. The van der Waals surface area contributed by atoms with E-state index in [1.165, 1.54) is 7.11 Å². The molecule has 4 atom stereocenters. The maximum absolute atomic E-state index is 11.7. The average molecular weight is 286 g/mol. The summed E-state index contributed by atoms with van der Waals surface area (Å²) in [6.45, 7) is 0. The minimum atomic E-state index is -1.04. The van der Waals surface area contributed by atoms with Crippen molar-refractivity contribution in [2.24, 2.45) is 11.8 Å². The fourth-order valence-electron chi connectivity index (χ4n) is 2.40. The number of esters is 1. The van der Waals surface area contributed by atoms with E-state index < -0.39 is 30.0 Å². The van der Waals surface area contributed by atoms with E-state index in [9.17, 15) is 15.3 Å². The molecule has 0 unspecified atom stereocenters. The number of carbonyl (C=O) groups is 1. The highest BCUT2D eigenvalue weighted by atomic mass is 16.6. The summed E-state index contributed by atoms with van der Waals surface area (Å²) in [5, 5.41) is 18.5. The van der Waals surface area contributed by atoms with E-state index in [-0.39, 0.29) is 0 Å². The summed E-state index contributed by atoms with van der Waals surface area (Å²) in [4.78, 5) is 11.7. The van der Waals surface area contributed by atoms with Gasteiger partial charge < -0.3 is 14.2 Å². The van der Waals surface area contributed by atoms with Gasteiger partial charge in [-0.15, -0.1) is 0 Å². The zero-order valence-electron chi connectivity index (χ0n) is 11.6. The van der Waals surface area contributed by atoms with Crippen molar-refractivity contribution in [1.82, 2.24) is 0 Å². The highest BCUT2D eigenvalue weighted by molar-refractivity contribution is 5.76.